The van der Waals surface area contributed by atoms with Crippen molar-refractivity contribution in [3.63, 3.8) is 0 Å². The molecule has 2 aromatic carbocycles. The van der Waals surface area contributed by atoms with Crippen molar-refractivity contribution < 1.29 is 13.2 Å². The third-order valence-electron chi connectivity index (χ3n) is 3.20. The summed E-state index contributed by atoms with van der Waals surface area (Å²) < 4.78 is 32.3. The fourth-order valence-electron chi connectivity index (χ4n) is 1.83. The number of nitriles is 1. The number of hydrogen-bond acceptors (Lipinski definition) is 4. The highest BCUT2D eigenvalue weighted by molar-refractivity contribution is 7.92. The number of nitrogens with zero attached hydrogens (tertiary/aromatic N) is 1. The van der Waals surface area contributed by atoms with Gasteiger partial charge in [-0.3, -0.25) is 4.72 Å². The Kier molecular flexibility index (Phi) is 4.68. The summed E-state index contributed by atoms with van der Waals surface area (Å²) >= 11 is 0. The molecule has 0 bridgehead atoms. The van der Waals surface area contributed by atoms with Crippen LogP contribution in [0.3, 0.4) is 0 Å². The number of sulfonamides is 1. The van der Waals surface area contributed by atoms with Crippen LogP contribution in [0.4, 0.5) is 5.69 Å². The van der Waals surface area contributed by atoms with Crippen molar-refractivity contribution in [1.82, 2.24) is 0 Å². The molecule has 2 rings (SSSR count). The van der Waals surface area contributed by atoms with Gasteiger partial charge >= 0.3 is 0 Å². The Balaban J connectivity index is 2.18. The molecule has 1 N–H and O–H groups in total. The van der Waals surface area contributed by atoms with E-state index in [0.29, 0.717) is 11.4 Å². The van der Waals surface area contributed by atoms with Crippen molar-refractivity contribution >= 4 is 15.7 Å². The van der Waals surface area contributed by atoms with E-state index < -0.39 is 10.0 Å². The molecule has 2 aromatic rings. The fraction of sp³-hybridized carbons (Fsp3) is 0.188. The number of nitrogens with one attached hydrogen (secondary N) is 1. The predicted octanol–water partition coefficient (Wildman–Crippen LogP) is 3.01. The van der Waals surface area contributed by atoms with Crippen molar-refractivity contribution in [2.75, 3.05) is 11.3 Å². The first-order valence-electron chi connectivity index (χ1n) is 6.62. The number of rotatable bonds is 5. The van der Waals surface area contributed by atoms with Crippen molar-refractivity contribution in [3.05, 3.63) is 53.6 Å². The molecular weight excluding hydrogens is 300 g/mol. The molecule has 0 aromatic heterocycles. The smallest absolute Gasteiger partial charge is 0.261 e. The van der Waals surface area contributed by atoms with Gasteiger partial charge in [0.25, 0.3) is 10.0 Å². The lowest BCUT2D eigenvalue weighted by Crippen LogP contribution is -2.13. The van der Waals surface area contributed by atoms with Crippen molar-refractivity contribution in [1.29, 1.82) is 5.26 Å². The fourth-order valence-corrected chi connectivity index (χ4v) is 2.97. The lowest BCUT2D eigenvalue weighted by atomic mass is 10.1. The van der Waals surface area contributed by atoms with Crippen LogP contribution >= 0.6 is 0 Å². The molecule has 6 heteroatoms. The Morgan fingerprint density at radius 3 is 2.36 bits per heavy atom. The van der Waals surface area contributed by atoms with Crippen LogP contribution in [0, 0.1) is 25.2 Å². The highest BCUT2D eigenvalue weighted by Gasteiger charge is 2.14. The van der Waals surface area contributed by atoms with Crippen LogP contribution in [-0.4, -0.2) is 15.0 Å². The number of benzene rings is 2. The van der Waals surface area contributed by atoms with E-state index in [0.717, 1.165) is 11.1 Å². The third kappa shape index (κ3) is 3.77. The van der Waals surface area contributed by atoms with Crippen molar-refractivity contribution in [2.24, 2.45) is 0 Å². The first-order valence-corrected chi connectivity index (χ1v) is 8.10. The number of anilines is 1. The Bertz CT molecular complexity index is 806. The minimum absolute atomic E-state index is 0.0479. The molecule has 0 unspecified atom stereocenters. The summed E-state index contributed by atoms with van der Waals surface area (Å²) in [7, 11) is -3.63. The Morgan fingerprint density at radius 1 is 1.09 bits per heavy atom. The van der Waals surface area contributed by atoms with Gasteiger partial charge in [0.2, 0.25) is 0 Å². The molecule has 0 radical (unpaired) electrons. The second-order valence-corrected chi connectivity index (χ2v) is 6.51. The SMILES string of the molecule is Cc1ccc(S(=O)(=O)Nc2ccc(OCC#N)cc2)cc1C. The molecule has 0 saturated carbocycles. The van der Waals surface area contributed by atoms with E-state index in [2.05, 4.69) is 4.72 Å². The molecule has 0 aliphatic heterocycles. The molecule has 5 nitrogen and oxygen atoms in total. The van der Waals surface area contributed by atoms with E-state index in [-0.39, 0.29) is 11.5 Å². The van der Waals surface area contributed by atoms with Gasteiger partial charge in [0, 0.05) is 5.69 Å². The molecule has 0 heterocycles. The maximum absolute atomic E-state index is 12.3. The van der Waals surface area contributed by atoms with Crippen LogP contribution < -0.4 is 9.46 Å². The van der Waals surface area contributed by atoms with E-state index >= 15 is 0 Å². The molecule has 0 aliphatic rings. The summed E-state index contributed by atoms with van der Waals surface area (Å²) in [6.07, 6.45) is 0. The van der Waals surface area contributed by atoms with Gasteiger partial charge in [0.05, 0.1) is 4.90 Å². The molecule has 22 heavy (non-hydrogen) atoms. The number of aryl methyl sites for hydroxylation is 2. The molecule has 0 amide bonds. The summed E-state index contributed by atoms with van der Waals surface area (Å²) in [6.45, 7) is 3.75. The highest BCUT2D eigenvalue weighted by Crippen LogP contribution is 2.21. The summed E-state index contributed by atoms with van der Waals surface area (Å²) in [5.74, 6) is 0.510. The van der Waals surface area contributed by atoms with Crippen molar-refractivity contribution in [3.8, 4) is 11.8 Å². The minimum atomic E-state index is -3.63. The number of hydrogen-bond donors (Lipinski definition) is 1. The second kappa shape index (κ2) is 6.50. The lowest BCUT2D eigenvalue weighted by Gasteiger charge is -2.10. The average molecular weight is 316 g/mol. The maximum Gasteiger partial charge on any atom is 0.261 e. The molecule has 0 saturated heterocycles. The molecule has 0 aliphatic carbocycles. The Labute approximate surface area is 130 Å². The summed E-state index contributed by atoms with van der Waals surface area (Å²) in [5, 5.41) is 8.44. The van der Waals surface area contributed by atoms with Crippen LogP contribution in [0.1, 0.15) is 11.1 Å². The van der Waals surface area contributed by atoms with Crippen LogP contribution in [-0.2, 0) is 10.0 Å². The van der Waals surface area contributed by atoms with E-state index in [9.17, 15) is 8.42 Å². The minimum Gasteiger partial charge on any atom is -0.479 e. The Hall–Kier alpha value is -2.52. The third-order valence-corrected chi connectivity index (χ3v) is 4.58. The summed E-state index contributed by atoms with van der Waals surface area (Å²) in [6, 6.07) is 13.3. The zero-order valence-electron chi connectivity index (χ0n) is 12.3. The maximum atomic E-state index is 12.3. The van der Waals surface area contributed by atoms with Crippen LogP contribution in [0.2, 0.25) is 0 Å². The normalized spacial score (nSPS) is 10.8. The van der Waals surface area contributed by atoms with Crippen molar-refractivity contribution in [2.45, 2.75) is 18.7 Å². The monoisotopic (exact) mass is 316 g/mol. The van der Waals surface area contributed by atoms with Gasteiger partial charge in [0.1, 0.15) is 11.8 Å². The predicted molar refractivity (Wildman–Crippen MR) is 84.3 cm³/mol. The van der Waals surface area contributed by atoms with E-state index in [1.54, 1.807) is 42.5 Å². The first kappa shape index (κ1) is 15.9. The van der Waals surface area contributed by atoms with Gasteiger partial charge in [-0.15, -0.1) is 0 Å². The van der Waals surface area contributed by atoms with Gasteiger partial charge in [-0.1, -0.05) is 6.07 Å². The number of ether oxygens (including phenoxy) is 1. The standard InChI is InChI=1S/C16H16N2O3S/c1-12-3-8-16(11-13(12)2)22(19,20)18-14-4-6-15(7-5-14)21-10-9-17/h3-8,11,18H,10H2,1-2H3. The van der Waals surface area contributed by atoms with Crippen LogP contribution in [0.25, 0.3) is 0 Å². The molecule has 0 fully saturated rings. The molecular formula is C16H16N2O3S. The van der Waals surface area contributed by atoms with Crippen LogP contribution in [0.5, 0.6) is 5.75 Å². The summed E-state index contributed by atoms with van der Waals surface area (Å²) in [5.41, 5.74) is 2.39. The van der Waals surface area contributed by atoms with Crippen LogP contribution in [0.15, 0.2) is 47.4 Å². The zero-order valence-corrected chi connectivity index (χ0v) is 13.1. The molecule has 114 valence electrons. The topological polar surface area (TPSA) is 79.2 Å². The van der Waals surface area contributed by atoms with Gasteiger partial charge in [-0.25, -0.2) is 8.42 Å². The quantitative estimate of drug-likeness (QED) is 0.919. The highest BCUT2D eigenvalue weighted by atomic mass is 32.2. The Morgan fingerprint density at radius 2 is 1.77 bits per heavy atom. The second-order valence-electron chi connectivity index (χ2n) is 4.82. The largest absolute Gasteiger partial charge is 0.479 e. The van der Waals surface area contributed by atoms with Gasteiger partial charge in [-0.2, -0.15) is 5.26 Å². The van der Waals surface area contributed by atoms with E-state index in [1.807, 2.05) is 19.9 Å². The molecule has 0 atom stereocenters. The zero-order chi connectivity index (χ0) is 16.2. The van der Waals surface area contributed by atoms with Gasteiger partial charge in [-0.05, 0) is 61.4 Å². The molecule has 0 spiro atoms. The van der Waals surface area contributed by atoms with E-state index in [4.69, 9.17) is 10.00 Å². The van der Waals surface area contributed by atoms with E-state index in [1.165, 1.54) is 0 Å². The van der Waals surface area contributed by atoms with Gasteiger partial charge < -0.3 is 4.74 Å². The first-order chi connectivity index (χ1) is 10.4. The summed E-state index contributed by atoms with van der Waals surface area (Å²) in [4.78, 5) is 0.223. The lowest BCUT2D eigenvalue weighted by molar-refractivity contribution is 0.368. The average Bonchev–Trinajstić information content (AvgIpc) is 2.49. The van der Waals surface area contributed by atoms with Gasteiger partial charge in [0.15, 0.2) is 6.61 Å².